The standard InChI is InChI=1S/C15H17FN2O2/c1-10(15(19)20)8-18(2)9-11-5-6-13(16)12-4-3-7-17-14(11)12/h3-7,10H,8-9H2,1-2H3,(H,19,20). The average Bonchev–Trinajstić information content (AvgIpc) is 2.42. The van der Waals surface area contributed by atoms with Crippen LogP contribution in [-0.4, -0.2) is 34.6 Å². The molecule has 4 nitrogen and oxygen atoms in total. The van der Waals surface area contributed by atoms with Gasteiger partial charge in [-0.05, 0) is 30.8 Å². The van der Waals surface area contributed by atoms with Crippen molar-refractivity contribution in [2.75, 3.05) is 13.6 Å². The first-order valence-corrected chi connectivity index (χ1v) is 6.42. The number of rotatable bonds is 5. The van der Waals surface area contributed by atoms with E-state index in [9.17, 15) is 9.18 Å². The largest absolute Gasteiger partial charge is 0.481 e. The number of hydrogen-bond acceptors (Lipinski definition) is 3. The van der Waals surface area contributed by atoms with Gasteiger partial charge in [0.1, 0.15) is 5.82 Å². The third-order valence-electron chi connectivity index (χ3n) is 3.25. The Morgan fingerprint density at radius 3 is 2.90 bits per heavy atom. The van der Waals surface area contributed by atoms with E-state index in [2.05, 4.69) is 4.98 Å². The summed E-state index contributed by atoms with van der Waals surface area (Å²) >= 11 is 0. The minimum atomic E-state index is -0.820. The zero-order valence-corrected chi connectivity index (χ0v) is 11.5. The smallest absolute Gasteiger partial charge is 0.307 e. The van der Waals surface area contributed by atoms with Crippen LogP contribution in [0, 0.1) is 11.7 Å². The second kappa shape index (κ2) is 5.96. The Labute approximate surface area is 116 Å². The van der Waals surface area contributed by atoms with E-state index < -0.39 is 11.9 Å². The van der Waals surface area contributed by atoms with Crippen LogP contribution in [0.5, 0.6) is 0 Å². The highest BCUT2D eigenvalue weighted by Gasteiger charge is 2.15. The minimum absolute atomic E-state index is 0.293. The number of halogens is 1. The quantitative estimate of drug-likeness (QED) is 0.911. The summed E-state index contributed by atoms with van der Waals surface area (Å²) in [6.45, 7) is 2.63. The molecule has 0 saturated carbocycles. The highest BCUT2D eigenvalue weighted by atomic mass is 19.1. The van der Waals surface area contributed by atoms with Gasteiger partial charge in [0.2, 0.25) is 0 Å². The van der Waals surface area contributed by atoms with Gasteiger partial charge in [0.25, 0.3) is 0 Å². The van der Waals surface area contributed by atoms with Crippen molar-refractivity contribution in [2.24, 2.45) is 5.92 Å². The van der Waals surface area contributed by atoms with Crippen LogP contribution >= 0.6 is 0 Å². The molecular formula is C15H17FN2O2. The number of carbonyl (C=O) groups is 1. The lowest BCUT2D eigenvalue weighted by Gasteiger charge is -2.19. The molecule has 0 radical (unpaired) electrons. The van der Waals surface area contributed by atoms with Gasteiger partial charge in [0.05, 0.1) is 11.4 Å². The fraction of sp³-hybridized carbons (Fsp3) is 0.333. The zero-order chi connectivity index (χ0) is 14.7. The number of benzene rings is 1. The topological polar surface area (TPSA) is 53.4 Å². The molecular weight excluding hydrogens is 259 g/mol. The molecule has 1 atom stereocenters. The summed E-state index contributed by atoms with van der Waals surface area (Å²) in [5, 5.41) is 9.41. The van der Waals surface area contributed by atoms with Gasteiger partial charge in [0, 0.05) is 24.7 Å². The van der Waals surface area contributed by atoms with Crippen LogP contribution in [0.2, 0.25) is 0 Å². The van der Waals surface area contributed by atoms with E-state index in [0.29, 0.717) is 24.0 Å². The lowest BCUT2D eigenvalue weighted by Crippen LogP contribution is -2.28. The molecule has 0 aliphatic rings. The summed E-state index contributed by atoms with van der Waals surface area (Å²) in [5.41, 5.74) is 1.52. The van der Waals surface area contributed by atoms with Gasteiger partial charge in [-0.2, -0.15) is 0 Å². The molecule has 2 rings (SSSR count). The van der Waals surface area contributed by atoms with E-state index in [1.807, 2.05) is 11.9 Å². The molecule has 0 saturated heterocycles. The molecule has 1 heterocycles. The summed E-state index contributed by atoms with van der Waals surface area (Å²) in [6.07, 6.45) is 1.63. The maximum Gasteiger partial charge on any atom is 0.307 e. The van der Waals surface area contributed by atoms with Gasteiger partial charge in [-0.3, -0.25) is 9.78 Å². The van der Waals surface area contributed by atoms with Gasteiger partial charge in [-0.25, -0.2) is 4.39 Å². The summed E-state index contributed by atoms with van der Waals surface area (Å²) < 4.78 is 13.7. The summed E-state index contributed by atoms with van der Waals surface area (Å²) in [6, 6.07) is 6.52. The Kier molecular flexibility index (Phi) is 4.29. The molecule has 0 amide bonds. The van der Waals surface area contributed by atoms with Crippen LogP contribution in [0.3, 0.4) is 0 Å². The Balaban J connectivity index is 2.22. The highest BCUT2D eigenvalue weighted by Crippen LogP contribution is 2.20. The van der Waals surface area contributed by atoms with Gasteiger partial charge < -0.3 is 10.0 Å². The SMILES string of the molecule is CC(CN(C)Cc1ccc(F)c2cccnc12)C(=O)O. The van der Waals surface area contributed by atoms with Crippen LogP contribution in [0.25, 0.3) is 10.9 Å². The molecule has 1 aromatic heterocycles. The van der Waals surface area contributed by atoms with Crippen LogP contribution < -0.4 is 0 Å². The average molecular weight is 276 g/mol. The van der Waals surface area contributed by atoms with Gasteiger partial charge in [-0.1, -0.05) is 13.0 Å². The number of nitrogens with zero attached hydrogens (tertiary/aromatic N) is 2. The van der Waals surface area contributed by atoms with Crippen molar-refractivity contribution in [1.29, 1.82) is 0 Å². The number of aromatic nitrogens is 1. The predicted molar refractivity (Wildman–Crippen MR) is 74.8 cm³/mol. The van der Waals surface area contributed by atoms with Crippen molar-refractivity contribution in [3.05, 3.63) is 41.8 Å². The molecule has 0 bridgehead atoms. The van der Waals surface area contributed by atoms with Crippen LogP contribution in [-0.2, 0) is 11.3 Å². The highest BCUT2D eigenvalue weighted by molar-refractivity contribution is 5.82. The summed E-state index contributed by atoms with van der Waals surface area (Å²) in [4.78, 5) is 17.0. The number of pyridine rings is 1. The molecule has 2 aromatic rings. The number of fused-ring (bicyclic) bond motifs is 1. The maximum atomic E-state index is 13.7. The summed E-state index contributed by atoms with van der Waals surface area (Å²) in [7, 11) is 1.84. The molecule has 20 heavy (non-hydrogen) atoms. The third kappa shape index (κ3) is 3.11. The zero-order valence-electron chi connectivity index (χ0n) is 11.5. The second-order valence-electron chi connectivity index (χ2n) is 5.04. The molecule has 5 heteroatoms. The van der Waals surface area contributed by atoms with Crippen LogP contribution in [0.15, 0.2) is 30.5 Å². The first-order valence-electron chi connectivity index (χ1n) is 6.42. The molecule has 0 spiro atoms. The molecule has 1 unspecified atom stereocenters. The van der Waals surface area contributed by atoms with Crippen LogP contribution in [0.4, 0.5) is 4.39 Å². The first-order chi connectivity index (χ1) is 9.49. The monoisotopic (exact) mass is 276 g/mol. The molecule has 0 aliphatic carbocycles. The lowest BCUT2D eigenvalue weighted by atomic mass is 10.1. The van der Waals surface area contributed by atoms with Crippen molar-refractivity contribution in [2.45, 2.75) is 13.5 Å². The number of hydrogen-bond donors (Lipinski definition) is 1. The third-order valence-corrected chi connectivity index (χ3v) is 3.25. The van der Waals surface area contributed by atoms with E-state index >= 15 is 0 Å². The molecule has 106 valence electrons. The van der Waals surface area contributed by atoms with Crippen LogP contribution in [0.1, 0.15) is 12.5 Å². The maximum absolute atomic E-state index is 13.7. The fourth-order valence-corrected chi connectivity index (χ4v) is 2.22. The van der Waals surface area contributed by atoms with Crippen molar-refractivity contribution < 1.29 is 14.3 Å². The fourth-order valence-electron chi connectivity index (χ4n) is 2.22. The molecule has 0 aliphatic heterocycles. The first kappa shape index (κ1) is 14.4. The molecule has 1 aromatic carbocycles. The number of carboxylic acids is 1. The van der Waals surface area contributed by atoms with E-state index in [1.54, 1.807) is 31.3 Å². The normalized spacial score (nSPS) is 12.8. The van der Waals surface area contributed by atoms with Crippen molar-refractivity contribution in [3.8, 4) is 0 Å². The molecule has 0 fully saturated rings. The number of aliphatic carboxylic acids is 1. The summed E-state index contributed by atoms with van der Waals surface area (Å²) in [5.74, 6) is -1.56. The molecule has 1 N–H and O–H groups in total. The Morgan fingerprint density at radius 2 is 2.20 bits per heavy atom. The van der Waals surface area contributed by atoms with E-state index in [0.717, 1.165) is 5.56 Å². The van der Waals surface area contributed by atoms with Crippen molar-refractivity contribution in [3.63, 3.8) is 0 Å². The Morgan fingerprint density at radius 1 is 1.45 bits per heavy atom. The lowest BCUT2D eigenvalue weighted by molar-refractivity contribution is -0.141. The predicted octanol–water partition coefficient (Wildman–Crippen LogP) is 2.53. The second-order valence-corrected chi connectivity index (χ2v) is 5.04. The van der Waals surface area contributed by atoms with Crippen molar-refractivity contribution in [1.82, 2.24) is 9.88 Å². The number of carboxylic acid groups (broad SMARTS) is 1. The minimum Gasteiger partial charge on any atom is -0.481 e. The Hall–Kier alpha value is -2.01. The van der Waals surface area contributed by atoms with E-state index in [1.165, 1.54) is 6.07 Å². The van der Waals surface area contributed by atoms with Gasteiger partial charge >= 0.3 is 5.97 Å². The van der Waals surface area contributed by atoms with Gasteiger partial charge in [0.15, 0.2) is 0 Å². The van der Waals surface area contributed by atoms with E-state index in [4.69, 9.17) is 5.11 Å². The van der Waals surface area contributed by atoms with Crippen molar-refractivity contribution >= 4 is 16.9 Å². The Bertz CT molecular complexity index is 630. The van der Waals surface area contributed by atoms with E-state index in [-0.39, 0.29) is 5.82 Å². The van der Waals surface area contributed by atoms with Gasteiger partial charge in [-0.15, -0.1) is 0 Å².